The van der Waals surface area contributed by atoms with Gasteiger partial charge >= 0.3 is 0 Å². The van der Waals surface area contributed by atoms with Crippen molar-refractivity contribution >= 4 is 10.8 Å². The van der Waals surface area contributed by atoms with Crippen LogP contribution in [0.25, 0.3) is 10.8 Å². The van der Waals surface area contributed by atoms with Crippen LogP contribution in [0.3, 0.4) is 0 Å². The zero-order chi connectivity index (χ0) is 13.7. The van der Waals surface area contributed by atoms with Gasteiger partial charge in [-0.2, -0.15) is 0 Å². The van der Waals surface area contributed by atoms with E-state index in [9.17, 15) is 0 Å². The van der Waals surface area contributed by atoms with Gasteiger partial charge in [0.25, 0.3) is 0 Å². The van der Waals surface area contributed by atoms with E-state index >= 15 is 0 Å². The molecule has 1 unspecified atom stereocenters. The van der Waals surface area contributed by atoms with Gasteiger partial charge in [0.2, 0.25) is 0 Å². The Morgan fingerprint density at radius 1 is 1.16 bits per heavy atom. The third kappa shape index (κ3) is 3.49. The van der Waals surface area contributed by atoms with E-state index in [2.05, 4.69) is 30.9 Å². The molecule has 98 valence electrons. The number of hydrogen-bond acceptors (Lipinski definition) is 2. The second kappa shape index (κ2) is 6.26. The molecule has 0 fully saturated rings. The third-order valence-corrected chi connectivity index (χ3v) is 3.05. The summed E-state index contributed by atoms with van der Waals surface area (Å²) < 4.78 is 5.21. The number of nitrogens with two attached hydrogens (primary N) is 1. The molecule has 19 heavy (non-hydrogen) atoms. The van der Waals surface area contributed by atoms with Gasteiger partial charge in [0.05, 0.1) is 13.2 Å². The van der Waals surface area contributed by atoms with Crippen LogP contribution >= 0.6 is 0 Å². The quantitative estimate of drug-likeness (QED) is 0.852. The van der Waals surface area contributed by atoms with Crippen LogP contribution in [0.2, 0.25) is 0 Å². The van der Waals surface area contributed by atoms with E-state index in [0.29, 0.717) is 0 Å². The minimum absolute atomic E-state index is 0.0310. The summed E-state index contributed by atoms with van der Waals surface area (Å²) in [6, 6.07) is 12.2. The van der Waals surface area contributed by atoms with Crippen LogP contribution in [-0.2, 0) is 0 Å². The van der Waals surface area contributed by atoms with Crippen molar-refractivity contribution in [3.8, 4) is 17.6 Å². The lowest BCUT2D eigenvalue weighted by atomic mass is 10.1. The largest absolute Gasteiger partial charge is 0.497 e. The van der Waals surface area contributed by atoms with Crippen LogP contribution in [0, 0.1) is 11.8 Å². The van der Waals surface area contributed by atoms with E-state index in [1.54, 1.807) is 7.11 Å². The Morgan fingerprint density at radius 3 is 2.63 bits per heavy atom. The molecule has 0 aromatic heterocycles. The highest BCUT2D eigenvalue weighted by Crippen LogP contribution is 2.21. The molecule has 2 rings (SSSR count). The van der Waals surface area contributed by atoms with Crippen molar-refractivity contribution in [1.82, 2.24) is 0 Å². The highest BCUT2D eigenvalue weighted by Gasteiger charge is 1.98. The van der Waals surface area contributed by atoms with E-state index in [1.165, 1.54) is 0 Å². The highest BCUT2D eigenvalue weighted by molar-refractivity contribution is 5.85. The van der Waals surface area contributed by atoms with E-state index < -0.39 is 0 Å². The fourth-order valence-electron chi connectivity index (χ4n) is 1.99. The topological polar surface area (TPSA) is 35.2 Å². The Morgan fingerprint density at radius 2 is 1.89 bits per heavy atom. The van der Waals surface area contributed by atoms with Crippen LogP contribution in [0.15, 0.2) is 36.4 Å². The molecule has 0 bridgehead atoms. The zero-order valence-electron chi connectivity index (χ0n) is 11.4. The Labute approximate surface area is 114 Å². The summed E-state index contributed by atoms with van der Waals surface area (Å²) in [4.78, 5) is 0. The molecule has 0 spiro atoms. The van der Waals surface area contributed by atoms with Gasteiger partial charge in [-0.15, -0.1) is 0 Å². The van der Waals surface area contributed by atoms with Crippen LogP contribution < -0.4 is 10.5 Å². The summed E-state index contributed by atoms with van der Waals surface area (Å²) in [7, 11) is 1.68. The first kappa shape index (κ1) is 13.5. The molecule has 2 N–H and O–H groups in total. The van der Waals surface area contributed by atoms with Gasteiger partial charge in [-0.3, -0.25) is 0 Å². The summed E-state index contributed by atoms with van der Waals surface area (Å²) in [6.07, 6.45) is 2.01. The maximum atomic E-state index is 5.89. The normalized spacial score (nSPS) is 11.7. The van der Waals surface area contributed by atoms with Crippen LogP contribution in [0.5, 0.6) is 5.75 Å². The lowest BCUT2D eigenvalue weighted by molar-refractivity contribution is 0.415. The van der Waals surface area contributed by atoms with Crippen molar-refractivity contribution in [2.75, 3.05) is 7.11 Å². The Bertz CT molecular complexity index is 622. The number of ether oxygens (including phenoxy) is 1. The molecular weight excluding hydrogens is 234 g/mol. The second-order valence-corrected chi connectivity index (χ2v) is 4.59. The monoisotopic (exact) mass is 253 g/mol. The molecule has 0 saturated heterocycles. The van der Waals surface area contributed by atoms with Gasteiger partial charge in [-0.25, -0.2) is 0 Å². The second-order valence-electron chi connectivity index (χ2n) is 4.59. The molecular formula is C17H19NO. The van der Waals surface area contributed by atoms with Gasteiger partial charge in [-0.1, -0.05) is 37.3 Å². The van der Waals surface area contributed by atoms with Gasteiger partial charge < -0.3 is 10.5 Å². The van der Waals surface area contributed by atoms with Gasteiger partial charge in [-0.05, 0) is 41.5 Å². The van der Waals surface area contributed by atoms with Crippen LogP contribution in [0.4, 0.5) is 0 Å². The molecule has 2 nitrogen and oxygen atoms in total. The van der Waals surface area contributed by atoms with Crippen molar-refractivity contribution in [3.63, 3.8) is 0 Å². The summed E-state index contributed by atoms with van der Waals surface area (Å²) >= 11 is 0. The number of hydrogen-bond donors (Lipinski definition) is 1. The molecule has 0 heterocycles. The first-order valence-electron chi connectivity index (χ1n) is 6.58. The summed E-state index contributed by atoms with van der Waals surface area (Å²) in [5.41, 5.74) is 6.90. The highest BCUT2D eigenvalue weighted by atomic mass is 16.5. The fraction of sp³-hybridized carbons (Fsp3) is 0.294. The molecule has 2 aromatic carbocycles. The Hall–Kier alpha value is -1.98. The van der Waals surface area contributed by atoms with Crippen LogP contribution in [-0.4, -0.2) is 13.2 Å². The zero-order valence-corrected chi connectivity index (χ0v) is 11.4. The van der Waals surface area contributed by atoms with Gasteiger partial charge in [0, 0.05) is 5.56 Å². The minimum Gasteiger partial charge on any atom is -0.497 e. The smallest absolute Gasteiger partial charge is 0.119 e. The number of benzene rings is 2. The fourth-order valence-corrected chi connectivity index (χ4v) is 1.99. The van der Waals surface area contributed by atoms with Crippen molar-refractivity contribution in [2.24, 2.45) is 5.73 Å². The van der Waals surface area contributed by atoms with E-state index in [1.807, 2.05) is 24.3 Å². The average Bonchev–Trinajstić information content (AvgIpc) is 2.44. The van der Waals surface area contributed by atoms with Gasteiger partial charge in [0.15, 0.2) is 0 Å². The first-order valence-corrected chi connectivity index (χ1v) is 6.58. The Kier molecular flexibility index (Phi) is 4.43. The third-order valence-electron chi connectivity index (χ3n) is 3.05. The average molecular weight is 253 g/mol. The van der Waals surface area contributed by atoms with Crippen molar-refractivity contribution < 1.29 is 4.74 Å². The first-order chi connectivity index (χ1) is 9.22. The summed E-state index contributed by atoms with van der Waals surface area (Å²) in [5, 5.41) is 2.32. The van der Waals surface area contributed by atoms with Crippen molar-refractivity contribution in [3.05, 3.63) is 42.0 Å². The molecule has 0 radical (unpaired) electrons. The van der Waals surface area contributed by atoms with Crippen molar-refractivity contribution in [2.45, 2.75) is 25.8 Å². The number of rotatable bonds is 3. The molecule has 0 aliphatic heterocycles. The maximum Gasteiger partial charge on any atom is 0.119 e. The molecule has 0 amide bonds. The number of fused-ring (bicyclic) bond motifs is 1. The maximum absolute atomic E-state index is 5.89. The van der Waals surface area contributed by atoms with E-state index in [4.69, 9.17) is 10.5 Å². The van der Waals surface area contributed by atoms with Gasteiger partial charge in [0.1, 0.15) is 5.75 Å². The predicted molar refractivity (Wildman–Crippen MR) is 80.3 cm³/mol. The molecule has 1 atom stereocenters. The van der Waals surface area contributed by atoms with E-state index in [-0.39, 0.29) is 6.04 Å². The standard InChI is InChI=1S/C17H19NO/c1-3-4-16(18)9-6-13-5-7-15-12-17(19-2)10-8-14(15)11-13/h5,7-8,10-12,16H,3-4,18H2,1-2H3. The summed E-state index contributed by atoms with van der Waals surface area (Å²) in [5.74, 6) is 7.11. The van der Waals surface area contributed by atoms with Crippen molar-refractivity contribution in [1.29, 1.82) is 0 Å². The molecule has 2 heteroatoms. The Balaban J connectivity index is 2.27. The van der Waals surface area contributed by atoms with E-state index in [0.717, 1.165) is 34.9 Å². The molecule has 0 saturated carbocycles. The number of methoxy groups -OCH3 is 1. The lowest BCUT2D eigenvalue weighted by Gasteiger charge is -2.03. The summed E-state index contributed by atoms with van der Waals surface area (Å²) in [6.45, 7) is 2.12. The van der Waals surface area contributed by atoms with Crippen LogP contribution in [0.1, 0.15) is 25.3 Å². The lowest BCUT2D eigenvalue weighted by Crippen LogP contribution is -2.16. The minimum atomic E-state index is -0.0310. The molecule has 2 aromatic rings. The predicted octanol–water partition coefficient (Wildman–Crippen LogP) is 3.33. The molecule has 0 aliphatic carbocycles. The molecule has 0 aliphatic rings. The SMILES string of the molecule is CCCC(N)C#Cc1ccc2cc(OC)ccc2c1.